The van der Waals surface area contributed by atoms with Crippen LogP contribution in [0.3, 0.4) is 0 Å². The van der Waals surface area contributed by atoms with Crippen LogP contribution in [0.2, 0.25) is 15.1 Å². The molecule has 0 atom stereocenters. The van der Waals surface area contributed by atoms with E-state index in [2.05, 4.69) is 10.3 Å². The van der Waals surface area contributed by atoms with E-state index in [1.165, 1.54) is 0 Å². The molecule has 0 aliphatic rings. The van der Waals surface area contributed by atoms with Gasteiger partial charge < -0.3 is 14.8 Å². The van der Waals surface area contributed by atoms with Gasteiger partial charge in [-0.2, -0.15) is 0 Å². The molecule has 0 unspecified atom stereocenters. The molecule has 0 saturated carbocycles. The van der Waals surface area contributed by atoms with Crippen molar-refractivity contribution in [3.8, 4) is 11.5 Å². The molecule has 0 amide bonds. The Kier molecular flexibility index (Phi) is 8.01. The molecule has 4 nitrogen and oxygen atoms in total. The summed E-state index contributed by atoms with van der Waals surface area (Å²) in [5, 5.41) is 5.06. The first-order valence-corrected chi connectivity index (χ1v) is 10.3. The minimum atomic E-state index is 0.216. The van der Waals surface area contributed by atoms with Gasteiger partial charge in [-0.25, -0.2) is 0 Å². The van der Waals surface area contributed by atoms with Gasteiger partial charge in [0.25, 0.3) is 0 Å². The lowest BCUT2D eigenvalue weighted by Crippen LogP contribution is -2.13. The number of hydrogen-bond donors (Lipinski definition) is 1. The first-order chi connectivity index (χ1) is 14.1. The Labute approximate surface area is 185 Å². The van der Waals surface area contributed by atoms with Crippen LogP contribution in [-0.2, 0) is 19.7 Å². The van der Waals surface area contributed by atoms with Gasteiger partial charge in [0, 0.05) is 52.2 Å². The molecular weight excluding hydrogens is 431 g/mol. The molecule has 0 spiro atoms. The number of halogens is 3. The van der Waals surface area contributed by atoms with E-state index in [-0.39, 0.29) is 6.61 Å². The van der Waals surface area contributed by atoms with Gasteiger partial charge in [0.2, 0.25) is 0 Å². The minimum Gasteiger partial charge on any atom is -0.490 e. The molecule has 0 fully saturated rings. The summed E-state index contributed by atoms with van der Waals surface area (Å²) in [5.74, 6) is 1.17. The molecule has 0 aliphatic carbocycles. The average Bonchev–Trinajstić information content (AvgIpc) is 2.71. The van der Waals surface area contributed by atoms with E-state index in [9.17, 15) is 0 Å². The van der Waals surface area contributed by atoms with E-state index in [0.717, 1.165) is 16.7 Å². The van der Waals surface area contributed by atoms with Gasteiger partial charge in [0.05, 0.1) is 6.61 Å². The molecule has 152 valence electrons. The van der Waals surface area contributed by atoms with E-state index in [1.807, 2.05) is 31.3 Å². The van der Waals surface area contributed by atoms with Gasteiger partial charge in [0.15, 0.2) is 11.5 Å². The predicted octanol–water partition coefficient (Wildman–Crippen LogP) is 6.31. The zero-order chi connectivity index (χ0) is 20.6. The highest BCUT2D eigenvalue weighted by Gasteiger charge is 2.13. The first-order valence-electron chi connectivity index (χ1n) is 9.19. The van der Waals surface area contributed by atoms with E-state index < -0.39 is 0 Å². The van der Waals surface area contributed by atoms with Gasteiger partial charge in [-0.05, 0) is 42.3 Å². The molecule has 3 aromatic rings. The lowest BCUT2D eigenvalue weighted by molar-refractivity contribution is 0.269. The third-order valence-corrected chi connectivity index (χ3v) is 5.27. The van der Waals surface area contributed by atoms with Gasteiger partial charge in [-0.1, -0.05) is 46.9 Å². The molecular formula is C22H21Cl3N2O2. The highest BCUT2D eigenvalue weighted by atomic mass is 35.5. The second-order valence-electron chi connectivity index (χ2n) is 6.28. The van der Waals surface area contributed by atoms with Crippen molar-refractivity contribution in [3.05, 3.63) is 86.6 Å². The summed E-state index contributed by atoms with van der Waals surface area (Å²) in [4.78, 5) is 4.11. The standard InChI is InChI=1S/C22H21Cl3N2O2/c1-2-28-21-9-16(13-27-12-15-5-4-8-26-11-15)20(25)10-22(21)29-14-17-18(23)6-3-7-19(17)24/h3-11,27H,2,12-14H2,1H3. The van der Waals surface area contributed by atoms with E-state index in [1.54, 1.807) is 30.5 Å². The number of nitrogens with zero attached hydrogens (tertiary/aromatic N) is 1. The molecule has 2 aromatic carbocycles. The van der Waals surface area contributed by atoms with Crippen molar-refractivity contribution in [2.75, 3.05) is 6.61 Å². The lowest BCUT2D eigenvalue weighted by atomic mass is 10.2. The quantitative estimate of drug-likeness (QED) is 0.414. The van der Waals surface area contributed by atoms with Crippen LogP contribution < -0.4 is 14.8 Å². The highest BCUT2D eigenvalue weighted by molar-refractivity contribution is 6.36. The molecule has 0 radical (unpaired) electrons. The number of ether oxygens (including phenoxy) is 2. The van der Waals surface area contributed by atoms with Crippen molar-refractivity contribution in [1.29, 1.82) is 0 Å². The average molecular weight is 452 g/mol. The topological polar surface area (TPSA) is 43.4 Å². The maximum Gasteiger partial charge on any atom is 0.163 e. The Balaban J connectivity index is 1.71. The summed E-state index contributed by atoms with van der Waals surface area (Å²) in [5.41, 5.74) is 2.74. The fraction of sp³-hybridized carbons (Fsp3) is 0.227. The smallest absolute Gasteiger partial charge is 0.163 e. The Hall–Kier alpha value is -1.98. The molecule has 1 heterocycles. The number of nitrogens with one attached hydrogen (secondary N) is 1. The summed E-state index contributed by atoms with van der Waals surface area (Å²) >= 11 is 18.9. The Morgan fingerprint density at radius 3 is 2.34 bits per heavy atom. The van der Waals surface area contributed by atoms with Crippen LogP contribution in [0, 0.1) is 0 Å². The molecule has 29 heavy (non-hydrogen) atoms. The summed E-state index contributed by atoms with van der Waals surface area (Å²) in [7, 11) is 0. The molecule has 0 bridgehead atoms. The van der Waals surface area contributed by atoms with Crippen molar-refractivity contribution in [3.63, 3.8) is 0 Å². The highest BCUT2D eigenvalue weighted by Crippen LogP contribution is 2.35. The summed E-state index contributed by atoms with van der Waals surface area (Å²) in [6.45, 7) is 3.92. The zero-order valence-corrected chi connectivity index (χ0v) is 18.2. The number of rotatable bonds is 9. The number of hydrogen-bond acceptors (Lipinski definition) is 4. The van der Waals surface area contributed by atoms with Crippen molar-refractivity contribution < 1.29 is 9.47 Å². The molecule has 0 aliphatic heterocycles. The third kappa shape index (κ3) is 6.00. The number of benzene rings is 2. The van der Waals surface area contributed by atoms with Crippen LogP contribution in [0.15, 0.2) is 54.9 Å². The van der Waals surface area contributed by atoms with Crippen LogP contribution in [0.1, 0.15) is 23.6 Å². The van der Waals surface area contributed by atoms with Crippen LogP contribution in [0.4, 0.5) is 0 Å². The van der Waals surface area contributed by atoms with E-state index >= 15 is 0 Å². The third-order valence-electron chi connectivity index (χ3n) is 4.21. The Morgan fingerprint density at radius 2 is 1.66 bits per heavy atom. The predicted molar refractivity (Wildman–Crippen MR) is 118 cm³/mol. The summed E-state index contributed by atoms with van der Waals surface area (Å²) in [6.07, 6.45) is 3.58. The van der Waals surface area contributed by atoms with Gasteiger partial charge in [-0.3, -0.25) is 4.98 Å². The fourth-order valence-corrected chi connectivity index (χ4v) is 3.49. The normalized spacial score (nSPS) is 10.8. The van der Waals surface area contributed by atoms with Crippen molar-refractivity contribution in [2.45, 2.75) is 26.6 Å². The Bertz CT molecular complexity index is 932. The SMILES string of the molecule is CCOc1cc(CNCc2cccnc2)c(Cl)cc1OCc1c(Cl)cccc1Cl. The second kappa shape index (κ2) is 10.7. The largest absolute Gasteiger partial charge is 0.490 e. The van der Waals surface area contributed by atoms with Gasteiger partial charge in [-0.15, -0.1) is 0 Å². The second-order valence-corrected chi connectivity index (χ2v) is 7.50. The molecule has 3 rings (SSSR count). The monoisotopic (exact) mass is 450 g/mol. The summed E-state index contributed by atoms with van der Waals surface area (Å²) in [6, 6.07) is 12.9. The van der Waals surface area contributed by atoms with E-state index in [4.69, 9.17) is 44.3 Å². The van der Waals surface area contributed by atoms with Crippen molar-refractivity contribution in [2.24, 2.45) is 0 Å². The lowest BCUT2D eigenvalue weighted by Gasteiger charge is -2.16. The van der Waals surface area contributed by atoms with Gasteiger partial charge in [0.1, 0.15) is 6.61 Å². The van der Waals surface area contributed by atoms with Gasteiger partial charge >= 0.3 is 0 Å². The molecule has 1 aromatic heterocycles. The molecule has 1 N–H and O–H groups in total. The molecule has 0 saturated heterocycles. The fourth-order valence-electron chi connectivity index (χ4n) is 2.76. The van der Waals surface area contributed by atoms with Crippen molar-refractivity contribution in [1.82, 2.24) is 10.3 Å². The number of pyridine rings is 1. The minimum absolute atomic E-state index is 0.216. The van der Waals surface area contributed by atoms with Crippen LogP contribution in [-0.4, -0.2) is 11.6 Å². The van der Waals surface area contributed by atoms with Crippen LogP contribution in [0.25, 0.3) is 0 Å². The zero-order valence-electron chi connectivity index (χ0n) is 15.9. The van der Waals surface area contributed by atoms with Crippen LogP contribution in [0.5, 0.6) is 11.5 Å². The maximum absolute atomic E-state index is 6.49. The molecule has 7 heteroatoms. The first kappa shape index (κ1) is 21.7. The number of aromatic nitrogens is 1. The Morgan fingerprint density at radius 1 is 0.897 bits per heavy atom. The maximum atomic E-state index is 6.49. The van der Waals surface area contributed by atoms with Crippen LogP contribution >= 0.6 is 34.8 Å². The summed E-state index contributed by atoms with van der Waals surface area (Å²) < 4.78 is 11.7. The van der Waals surface area contributed by atoms with E-state index in [0.29, 0.717) is 46.3 Å². The van der Waals surface area contributed by atoms with Crippen molar-refractivity contribution >= 4 is 34.8 Å².